The van der Waals surface area contributed by atoms with Crippen LogP contribution >= 0.6 is 0 Å². The highest BCUT2D eigenvalue weighted by Crippen LogP contribution is 2.38. The van der Waals surface area contributed by atoms with Gasteiger partial charge < -0.3 is 10.2 Å². The lowest BCUT2D eigenvalue weighted by atomic mass is 9.71. The van der Waals surface area contributed by atoms with E-state index in [0.29, 0.717) is 38.8 Å². The van der Waals surface area contributed by atoms with Crippen molar-refractivity contribution in [2.45, 2.75) is 56.4 Å². The second-order valence-corrected chi connectivity index (χ2v) is 10.1. The number of amides is 2. The molecular weight excluding hydrogens is 451 g/mol. The van der Waals surface area contributed by atoms with E-state index in [2.05, 4.69) is 23.5 Å². The summed E-state index contributed by atoms with van der Waals surface area (Å²) in [5, 5.41) is 3.41. The van der Waals surface area contributed by atoms with E-state index in [1.165, 1.54) is 23.3 Å². The van der Waals surface area contributed by atoms with Crippen LogP contribution in [0.5, 0.6) is 0 Å². The maximum Gasteiger partial charge on any atom is 0.231 e. The van der Waals surface area contributed by atoms with Gasteiger partial charge in [-0.2, -0.15) is 0 Å². The quantitative estimate of drug-likeness (QED) is 0.501. The van der Waals surface area contributed by atoms with E-state index in [-0.39, 0.29) is 23.7 Å². The highest BCUT2D eigenvalue weighted by atomic mass is 19.1. The minimum Gasteiger partial charge on any atom is -0.349 e. The molecule has 2 amide bonds. The Bertz CT molecular complexity index is 1200. The molecule has 0 radical (unpaired) electrons. The normalized spacial score (nSPS) is 18.8. The molecular formula is C31H33FN2O2. The third-order valence-electron chi connectivity index (χ3n) is 7.95. The molecule has 5 heteroatoms. The predicted molar refractivity (Wildman–Crippen MR) is 139 cm³/mol. The van der Waals surface area contributed by atoms with E-state index >= 15 is 0 Å². The molecule has 4 nitrogen and oxygen atoms in total. The smallest absolute Gasteiger partial charge is 0.231 e. The van der Waals surface area contributed by atoms with Crippen molar-refractivity contribution in [2.24, 2.45) is 0 Å². The van der Waals surface area contributed by atoms with Gasteiger partial charge in [0.15, 0.2) is 0 Å². The number of carbonyl (C=O) groups is 2. The van der Waals surface area contributed by atoms with Gasteiger partial charge in [-0.25, -0.2) is 4.39 Å². The number of carbonyl (C=O) groups excluding carboxylic acids is 2. The first-order valence-corrected chi connectivity index (χ1v) is 13.0. The average molecular weight is 485 g/mol. The van der Waals surface area contributed by atoms with Gasteiger partial charge in [-0.05, 0) is 72.9 Å². The molecule has 1 aliphatic carbocycles. The highest BCUT2D eigenvalue weighted by Gasteiger charge is 2.44. The van der Waals surface area contributed by atoms with Gasteiger partial charge in [0.25, 0.3) is 0 Å². The SMILES string of the molecule is O=C(CCc1ccc(F)cc1)N1CCC(C(=O)NC2CCCc3ccccc32)(c2ccccc2)CC1. The van der Waals surface area contributed by atoms with Crippen molar-refractivity contribution in [3.8, 4) is 0 Å². The summed E-state index contributed by atoms with van der Waals surface area (Å²) in [4.78, 5) is 28.8. The molecule has 1 unspecified atom stereocenters. The standard InChI is InChI=1S/C31H33FN2O2/c32-26-16-13-23(14-17-26)15-18-29(35)34-21-19-31(20-22-34,25-9-2-1-3-10-25)30(36)33-28-12-6-8-24-7-4-5-11-27(24)28/h1-5,7,9-11,13-14,16-17,28H,6,8,12,15,18-22H2,(H,33,36). The molecule has 1 atom stereocenters. The van der Waals surface area contributed by atoms with Gasteiger partial charge in [-0.1, -0.05) is 66.7 Å². The van der Waals surface area contributed by atoms with Gasteiger partial charge in [0.1, 0.15) is 5.82 Å². The number of fused-ring (bicyclic) bond motifs is 1. The Hall–Kier alpha value is -3.47. The first kappa shape index (κ1) is 24.2. The largest absolute Gasteiger partial charge is 0.349 e. The fourth-order valence-corrected chi connectivity index (χ4v) is 5.80. The summed E-state index contributed by atoms with van der Waals surface area (Å²) in [6, 6.07) is 24.8. The Balaban J connectivity index is 1.29. The number of hydrogen-bond donors (Lipinski definition) is 1. The van der Waals surface area contributed by atoms with Gasteiger partial charge >= 0.3 is 0 Å². The van der Waals surface area contributed by atoms with Gasteiger partial charge in [-0.15, -0.1) is 0 Å². The first-order chi connectivity index (χ1) is 17.5. The molecule has 0 bridgehead atoms. The van der Waals surface area contributed by atoms with Crippen LogP contribution in [0.15, 0.2) is 78.9 Å². The highest BCUT2D eigenvalue weighted by molar-refractivity contribution is 5.89. The Kier molecular flexibility index (Phi) is 7.17. The van der Waals surface area contributed by atoms with Gasteiger partial charge in [0.05, 0.1) is 11.5 Å². The zero-order valence-electron chi connectivity index (χ0n) is 20.6. The number of piperidine rings is 1. The van der Waals surface area contributed by atoms with Crippen LogP contribution in [0, 0.1) is 5.82 Å². The van der Waals surface area contributed by atoms with Gasteiger partial charge in [-0.3, -0.25) is 9.59 Å². The molecule has 1 aliphatic heterocycles. The van der Waals surface area contributed by atoms with Crippen LogP contribution < -0.4 is 5.32 Å². The molecule has 186 valence electrons. The third kappa shape index (κ3) is 5.06. The Labute approximate surface area is 212 Å². The lowest BCUT2D eigenvalue weighted by Gasteiger charge is -2.42. The number of nitrogens with one attached hydrogen (secondary N) is 1. The van der Waals surface area contributed by atoms with E-state index in [1.807, 2.05) is 41.3 Å². The van der Waals surface area contributed by atoms with Crippen molar-refractivity contribution in [3.63, 3.8) is 0 Å². The van der Waals surface area contributed by atoms with Crippen LogP contribution in [-0.4, -0.2) is 29.8 Å². The maximum atomic E-state index is 14.0. The lowest BCUT2D eigenvalue weighted by Crippen LogP contribution is -2.53. The minimum absolute atomic E-state index is 0.0263. The third-order valence-corrected chi connectivity index (χ3v) is 7.95. The second-order valence-electron chi connectivity index (χ2n) is 10.1. The second kappa shape index (κ2) is 10.7. The minimum atomic E-state index is -0.651. The number of nitrogens with zero attached hydrogens (tertiary/aromatic N) is 1. The van der Waals surface area contributed by atoms with Crippen molar-refractivity contribution < 1.29 is 14.0 Å². The van der Waals surface area contributed by atoms with Crippen molar-refractivity contribution in [1.82, 2.24) is 10.2 Å². The maximum absolute atomic E-state index is 14.0. The molecule has 3 aromatic carbocycles. The molecule has 1 saturated heterocycles. The van der Waals surface area contributed by atoms with E-state index in [1.54, 1.807) is 12.1 Å². The predicted octanol–water partition coefficient (Wildman–Crippen LogP) is 5.51. The Morgan fingerprint density at radius 3 is 2.36 bits per heavy atom. The first-order valence-electron chi connectivity index (χ1n) is 13.0. The molecule has 36 heavy (non-hydrogen) atoms. The van der Waals surface area contributed by atoms with Crippen LogP contribution in [0.25, 0.3) is 0 Å². The van der Waals surface area contributed by atoms with E-state index in [9.17, 15) is 14.0 Å². The lowest BCUT2D eigenvalue weighted by molar-refractivity contribution is -0.137. The molecule has 0 aromatic heterocycles. The zero-order chi connectivity index (χ0) is 25.0. The molecule has 1 heterocycles. The summed E-state index contributed by atoms with van der Waals surface area (Å²) < 4.78 is 13.2. The van der Waals surface area contributed by atoms with E-state index < -0.39 is 5.41 Å². The number of aryl methyl sites for hydroxylation is 2. The van der Waals surface area contributed by atoms with Crippen molar-refractivity contribution in [2.75, 3.05) is 13.1 Å². The number of halogens is 1. The summed E-state index contributed by atoms with van der Waals surface area (Å²) in [7, 11) is 0. The number of likely N-dealkylation sites (tertiary alicyclic amines) is 1. The molecule has 2 aliphatic rings. The Morgan fingerprint density at radius 1 is 0.917 bits per heavy atom. The van der Waals surface area contributed by atoms with Crippen LogP contribution in [0.3, 0.4) is 0 Å². The van der Waals surface area contributed by atoms with Gasteiger partial charge in [0, 0.05) is 19.5 Å². The summed E-state index contributed by atoms with van der Waals surface area (Å²) in [5.41, 5.74) is 3.87. The van der Waals surface area contributed by atoms with Crippen molar-refractivity contribution in [3.05, 3.63) is 107 Å². The van der Waals surface area contributed by atoms with Crippen molar-refractivity contribution in [1.29, 1.82) is 0 Å². The molecule has 3 aromatic rings. The monoisotopic (exact) mass is 484 g/mol. The number of hydrogen-bond acceptors (Lipinski definition) is 2. The summed E-state index contributed by atoms with van der Waals surface area (Å²) in [6.07, 6.45) is 5.23. The summed E-state index contributed by atoms with van der Waals surface area (Å²) in [6.45, 7) is 1.09. The molecule has 0 saturated carbocycles. The fourth-order valence-electron chi connectivity index (χ4n) is 5.80. The number of rotatable bonds is 6. The van der Waals surface area contributed by atoms with Crippen LogP contribution in [0.4, 0.5) is 4.39 Å². The fraction of sp³-hybridized carbons (Fsp3) is 0.355. The zero-order valence-corrected chi connectivity index (χ0v) is 20.6. The van der Waals surface area contributed by atoms with E-state index in [4.69, 9.17) is 0 Å². The average Bonchev–Trinajstić information content (AvgIpc) is 2.93. The number of benzene rings is 3. The summed E-state index contributed by atoms with van der Waals surface area (Å²) in [5.74, 6) is -0.121. The van der Waals surface area contributed by atoms with Crippen LogP contribution in [0.1, 0.15) is 60.4 Å². The van der Waals surface area contributed by atoms with Gasteiger partial charge in [0.2, 0.25) is 11.8 Å². The molecule has 5 rings (SSSR count). The van der Waals surface area contributed by atoms with Crippen molar-refractivity contribution >= 4 is 11.8 Å². The molecule has 1 N–H and O–H groups in total. The Morgan fingerprint density at radius 2 is 1.61 bits per heavy atom. The summed E-state index contributed by atoms with van der Waals surface area (Å²) >= 11 is 0. The van der Waals surface area contributed by atoms with Crippen LogP contribution in [-0.2, 0) is 27.8 Å². The molecule has 1 fully saturated rings. The van der Waals surface area contributed by atoms with Crippen LogP contribution in [0.2, 0.25) is 0 Å². The molecule has 0 spiro atoms. The van der Waals surface area contributed by atoms with E-state index in [0.717, 1.165) is 30.4 Å². The topological polar surface area (TPSA) is 49.4 Å².